The second-order valence-corrected chi connectivity index (χ2v) is 10.5. The first-order valence-corrected chi connectivity index (χ1v) is 14.5. The van der Waals surface area contributed by atoms with Crippen molar-refractivity contribution < 1.29 is 28.8 Å². The second-order valence-electron chi connectivity index (χ2n) is 9.66. The van der Waals surface area contributed by atoms with Gasteiger partial charge in [-0.15, -0.1) is 0 Å². The average molecular weight is 641 g/mol. The van der Waals surface area contributed by atoms with Gasteiger partial charge in [0.15, 0.2) is 5.71 Å². The van der Waals surface area contributed by atoms with Crippen molar-refractivity contribution in [2.24, 2.45) is 15.5 Å². The van der Waals surface area contributed by atoms with Gasteiger partial charge < -0.3 is 24.0 Å². The Balaban J connectivity index is 1.73. The van der Waals surface area contributed by atoms with Gasteiger partial charge in [-0.3, -0.25) is 0 Å². The van der Waals surface area contributed by atoms with Crippen LogP contribution in [0.2, 0.25) is 10.0 Å². The summed E-state index contributed by atoms with van der Waals surface area (Å²) >= 11 is 12.1. The fourth-order valence-electron chi connectivity index (χ4n) is 4.17. The molecule has 0 spiro atoms. The molecule has 1 aliphatic carbocycles. The maximum absolute atomic E-state index is 12.4. The van der Waals surface area contributed by atoms with Crippen LogP contribution in [0, 0.1) is 11.8 Å². The second kappa shape index (κ2) is 17.1. The van der Waals surface area contributed by atoms with Gasteiger partial charge in [-0.25, -0.2) is 4.79 Å². The number of methoxy groups -OCH3 is 1. The van der Waals surface area contributed by atoms with Gasteiger partial charge in [-0.05, 0) is 94.1 Å². The van der Waals surface area contributed by atoms with Gasteiger partial charge >= 0.3 is 5.97 Å². The Hall–Kier alpha value is -4.26. The van der Waals surface area contributed by atoms with E-state index >= 15 is 0 Å². The molecule has 0 unspecified atom stereocenters. The van der Waals surface area contributed by atoms with Crippen LogP contribution in [0.25, 0.3) is 0 Å². The van der Waals surface area contributed by atoms with E-state index in [2.05, 4.69) is 27.3 Å². The van der Waals surface area contributed by atoms with Crippen LogP contribution in [0.1, 0.15) is 51.7 Å². The number of esters is 1. The first kappa shape index (κ1) is 34.2. The Labute approximate surface area is 268 Å². The monoisotopic (exact) mass is 639 g/mol. The topological polar surface area (TPSA) is 100 Å². The molecule has 0 aliphatic heterocycles. The zero-order valence-corrected chi connectivity index (χ0v) is 27.1. The summed E-state index contributed by atoms with van der Waals surface area (Å²) in [5.74, 6) is 5.97. The molecule has 9 nitrogen and oxygen atoms in total. The first-order chi connectivity index (χ1) is 21.2. The molecule has 11 heteroatoms. The van der Waals surface area contributed by atoms with Crippen LogP contribution >= 0.6 is 23.2 Å². The molecule has 44 heavy (non-hydrogen) atoms. The number of rotatable bonds is 12. The van der Waals surface area contributed by atoms with E-state index in [4.69, 9.17) is 47.2 Å². The Kier molecular flexibility index (Phi) is 13.3. The van der Waals surface area contributed by atoms with Crippen LogP contribution in [0.4, 0.5) is 0 Å². The van der Waals surface area contributed by atoms with E-state index in [1.165, 1.54) is 19.8 Å². The van der Waals surface area contributed by atoms with Crippen LogP contribution in [-0.2, 0) is 24.0 Å². The molecule has 0 amide bonds. The molecule has 3 rings (SSSR count). The van der Waals surface area contributed by atoms with Crippen molar-refractivity contribution in [2.75, 3.05) is 34.0 Å². The van der Waals surface area contributed by atoms with Crippen molar-refractivity contribution in [2.45, 2.75) is 40.5 Å². The molecule has 0 aromatic heterocycles. The van der Waals surface area contributed by atoms with Crippen LogP contribution < -0.4 is 4.74 Å². The lowest BCUT2D eigenvalue weighted by Crippen LogP contribution is -2.23. The Morgan fingerprint density at radius 3 is 2.32 bits per heavy atom. The normalized spacial score (nSPS) is 14.1. The molecule has 0 N–H and O–H groups in total. The minimum absolute atomic E-state index is 0.113. The third-order valence-corrected chi connectivity index (χ3v) is 7.13. The highest BCUT2D eigenvalue weighted by molar-refractivity contribution is 6.47. The molecule has 0 heterocycles. The summed E-state index contributed by atoms with van der Waals surface area (Å²) in [7, 11) is 2.69. The zero-order valence-electron chi connectivity index (χ0n) is 25.6. The van der Waals surface area contributed by atoms with E-state index in [0.29, 0.717) is 57.8 Å². The van der Waals surface area contributed by atoms with Crippen molar-refractivity contribution in [1.29, 1.82) is 0 Å². The van der Waals surface area contributed by atoms with Crippen LogP contribution in [0.5, 0.6) is 5.75 Å². The van der Waals surface area contributed by atoms with Gasteiger partial charge in [0.2, 0.25) is 0 Å². The number of carbonyl (C=O) groups is 1. The number of hydrogen-bond donors (Lipinski definition) is 0. The molecule has 0 fully saturated rings. The number of halogens is 2. The van der Waals surface area contributed by atoms with Crippen molar-refractivity contribution in [3.63, 3.8) is 0 Å². The lowest BCUT2D eigenvalue weighted by atomic mass is 9.85. The lowest BCUT2D eigenvalue weighted by molar-refractivity contribution is -0.132. The summed E-state index contributed by atoms with van der Waals surface area (Å²) in [5.41, 5.74) is 6.43. The summed E-state index contributed by atoms with van der Waals surface area (Å²) in [4.78, 5) is 28.5. The smallest absolute Gasteiger partial charge is 0.360 e. The van der Waals surface area contributed by atoms with Crippen molar-refractivity contribution >= 4 is 46.3 Å². The summed E-state index contributed by atoms with van der Waals surface area (Å²) in [6, 6.07) is 12.4. The Morgan fingerprint density at radius 1 is 0.932 bits per heavy atom. The Morgan fingerprint density at radius 2 is 1.66 bits per heavy atom. The van der Waals surface area contributed by atoms with Crippen LogP contribution in [0.3, 0.4) is 0 Å². The van der Waals surface area contributed by atoms with Gasteiger partial charge in [-0.2, -0.15) is 0 Å². The quantitative estimate of drug-likeness (QED) is 0.0803. The fraction of sp³-hybridized carbons (Fsp3) is 0.333. The highest BCUT2D eigenvalue weighted by Crippen LogP contribution is 2.31. The van der Waals surface area contributed by atoms with Crippen molar-refractivity contribution in [3.05, 3.63) is 85.9 Å². The number of oxime groups is 3. The minimum Gasteiger partial charge on any atom is -0.481 e. The van der Waals surface area contributed by atoms with E-state index in [-0.39, 0.29) is 18.9 Å². The zero-order chi connectivity index (χ0) is 32.1. The number of nitrogens with zero attached hydrogens (tertiary/aromatic N) is 3. The van der Waals surface area contributed by atoms with Gasteiger partial charge in [-0.1, -0.05) is 61.7 Å². The highest BCUT2D eigenvalue weighted by Gasteiger charge is 2.26. The van der Waals surface area contributed by atoms with E-state index < -0.39 is 5.97 Å². The predicted molar refractivity (Wildman–Crippen MR) is 174 cm³/mol. The minimum atomic E-state index is -0.581. The average Bonchev–Trinajstić information content (AvgIpc) is 3.01. The van der Waals surface area contributed by atoms with Gasteiger partial charge in [0.1, 0.15) is 44.1 Å². The Bertz CT molecular complexity index is 1560. The number of carbonyl (C=O) groups excluding carboxylic acids is 1. The molecule has 0 bridgehead atoms. The molecule has 0 radical (unpaired) electrons. The SMILES string of the molecule is CCON=C(C(C)=NOCC1=C(C(=NOC)C(=O)OC)CC(C)=C(C)C1)c1ccc(OCC#Cc2ccc(Cl)cc2Cl)cc1. The van der Waals surface area contributed by atoms with E-state index in [9.17, 15) is 4.79 Å². The molecule has 2 aromatic carbocycles. The van der Waals surface area contributed by atoms with E-state index in [1.807, 2.05) is 45.0 Å². The molecular formula is C33H35Cl2N3O6. The standard InChI is InChI=1S/C33H35Cl2N3O6/c1-7-43-38-31(25-11-14-28(15-12-25)42-16-8-9-24-10-13-27(34)19-30(24)35)23(4)36-44-20-26-17-21(2)22(3)18-29(26)32(37-41-6)33(39)40-5/h10-15,19H,7,16-18,20H2,1-6H3. The summed E-state index contributed by atoms with van der Waals surface area (Å²) in [5, 5.41) is 13.5. The third kappa shape index (κ3) is 9.63. The number of hydrogen-bond acceptors (Lipinski definition) is 9. The van der Waals surface area contributed by atoms with Gasteiger partial charge in [0, 0.05) is 16.1 Å². The largest absolute Gasteiger partial charge is 0.481 e. The lowest BCUT2D eigenvalue weighted by Gasteiger charge is -2.22. The first-order valence-electron chi connectivity index (χ1n) is 13.8. The highest BCUT2D eigenvalue weighted by atomic mass is 35.5. The van der Waals surface area contributed by atoms with Crippen molar-refractivity contribution in [3.8, 4) is 17.6 Å². The molecule has 1 aliphatic rings. The van der Waals surface area contributed by atoms with E-state index in [1.54, 1.807) is 25.1 Å². The van der Waals surface area contributed by atoms with Crippen molar-refractivity contribution in [1.82, 2.24) is 0 Å². The third-order valence-electron chi connectivity index (χ3n) is 6.58. The number of ether oxygens (including phenoxy) is 2. The molecular weight excluding hydrogens is 605 g/mol. The summed E-state index contributed by atoms with van der Waals surface area (Å²) < 4.78 is 10.7. The summed E-state index contributed by atoms with van der Waals surface area (Å²) in [6.07, 6.45) is 1.13. The van der Waals surface area contributed by atoms with Crippen LogP contribution in [0.15, 0.2) is 80.2 Å². The molecule has 232 valence electrons. The van der Waals surface area contributed by atoms with Crippen LogP contribution in [-0.4, -0.2) is 57.1 Å². The maximum atomic E-state index is 12.4. The van der Waals surface area contributed by atoms with Gasteiger partial charge in [0.05, 0.1) is 12.1 Å². The summed E-state index contributed by atoms with van der Waals surface area (Å²) in [6.45, 7) is 8.37. The van der Waals surface area contributed by atoms with E-state index in [0.717, 1.165) is 16.7 Å². The molecule has 0 atom stereocenters. The predicted octanol–water partition coefficient (Wildman–Crippen LogP) is 7.16. The maximum Gasteiger partial charge on any atom is 0.360 e. The molecule has 0 saturated carbocycles. The molecule has 2 aromatic rings. The van der Waals surface area contributed by atoms with Gasteiger partial charge in [0.25, 0.3) is 0 Å². The number of benzene rings is 2. The fourth-order valence-corrected chi connectivity index (χ4v) is 4.62. The number of allylic oxidation sites excluding steroid dienone is 2. The molecule has 0 saturated heterocycles.